The molecule has 0 aliphatic carbocycles. The second-order valence-corrected chi connectivity index (χ2v) is 8.47. The first-order chi connectivity index (χ1) is 15.9. The Bertz CT molecular complexity index is 968. The van der Waals surface area contributed by atoms with Crippen molar-refractivity contribution in [3.05, 3.63) is 23.4 Å². The maximum Gasteiger partial charge on any atom is 0.451 e. The Hall–Kier alpha value is -2.51. The number of ether oxygens (including phenoxy) is 2. The van der Waals surface area contributed by atoms with Crippen LogP contribution in [0.2, 0.25) is 0 Å². The van der Waals surface area contributed by atoms with Gasteiger partial charge in [-0.15, -0.1) is 0 Å². The average Bonchev–Trinajstić information content (AvgIpc) is 3.23. The van der Waals surface area contributed by atoms with Gasteiger partial charge in [0.15, 0.2) is 17.5 Å². The van der Waals surface area contributed by atoms with Gasteiger partial charge in [0.25, 0.3) is 0 Å². The van der Waals surface area contributed by atoms with E-state index in [1.807, 2.05) is 0 Å². The normalized spacial score (nSPS) is 21.3. The van der Waals surface area contributed by atoms with Gasteiger partial charge in [-0.3, -0.25) is 10.00 Å². The molecule has 0 bridgehead atoms. The topological polar surface area (TPSA) is 91.4 Å². The fourth-order valence-electron chi connectivity index (χ4n) is 4.33. The van der Waals surface area contributed by atoms with Crippen LogP contribution >= 0.6 is 0 Å². The molecule has 0 saturated carbocycles. The van der Waals surface area contributed by atoms with E-state index in [4.69, 9.17) is 9.47 Å². The molecule has 180 valence electrons. The van der Waals surface area contributed by atoms with Crippen molar-refractivity contribution in [3.8, 4) is 0 Å². The van der Waals surface area contributed by atoms with Gasteiger partial charge >= 0.3 is 6.18 Å². The molecule has 13 heteroatoms. The van der Waals surface area contributed by atoms with Crippen LogP contribution in [0.25, 0.3) is 0 Å². The highest BCUT2D eigenvalue weighted by Crippen LogP contribution is 2.34. The van der Waals surface area contributed by atoms with Crippen LogP contribution in [0.15, 0.2) is 6.07 Å². The van der Waals surface area contributed by atoms with Crippen molar-refractivity contribution < 1.29 is 27.0 Å². The smallest absolute Gasteiger partial charge is 0.381 e. The first-order valence-corrected chi connectivity index (χ1v) is 11.0. The molecule has 3 aliphatic heterocycles. The lowest BCUT2D eigenvalue weighted by molar-refractivity contribution is -0.144. The van der Waals surface area contributed by atoms with E-state index in [1.165, 1.54) is 4.90 Å². The lowest BCUT2D eigenvalue weighted by atomic mass is 9.97. The van der Waals surface area contributed by atoms with E-state index in [2.05, 4.69) is 30.4 Å². The maximum atomic E-state index is 15.3. The molecule has 2 aromatic rings. The number of rotatable bonds is 5. The minimum atomic E-state index is -4.82. The van der Waals surface area contributed by atoms with Gasteiger partial charge < -0.3 is 19.7 Å². The Balaban J connectivity index is 1.37. The lowest BCUT2D eigenvalue weighted by Crippen LogP contribution is -2.56. The SMILES string of the molecule is Fc1c(Nc2cc(C3CCOCC3)[nH]n2)nc(C(F)(F)F)nc1N1CCN(C2COC2)CC1. The van der Waals surface area contributed by atoms with Crippen LogP contribution in [0.3, 0.4) is 0 Å². The number of aromatic nitrogens is 4. The summed E-state index contributed by atoms with van der Waals surface area (Å²) in [6, 6.07) is 1.99. The summed E-state index contributed by atoms with van der Waals surface area (Å²) in [6.45, 7) is 4.46. The van der Waals surface area contributed by atoms with E-state index in [1.54, 1.807) is 6.07 Å². The maximum absolute atomic E-state index is 15.3. The van der Waals surface area contributed by atoms with Crippen LogP contribution in [0.1, 0.15) is 30.3 Å². The standard InChI is InChI=1S/C20H25F4N7O2/c21-16-17(25-15-9-14(28-29-15)12-1-7-32-8-2-12)26-19(20(22,23)24)27-18(16)31-5-3-30(4-6-31)13-10-33-11-13/h9,12-13H,1-8,10-11H2,(H2,25,26,27,28,29). The van der Waals surface area contributed by atoms with Gasteiger partial charge in [-0.25, -0.2) is 9.97 Å². The van der Waals surface area contributed by atoms with Crippen LogP contribution in [0.4, 0.5) is 35.0 Å². The van der Waals surface area contributed by atoms with Crippen molar-refractivity contribution in [2.75, 3.05) is 62.8 Å². The molecule has 2 N–H and O–H groups in total. The molecule has 3 aliphatic rings. The number of nitrogens with zero attached hydrogens (tertiary/aromatic N) is 5. The Morgan fingerprint density at radius 2 is 1.76 bits per heavy atom. The molecule has 0 atom stereocenters. The van der Waals surface area contributed by atoms with Gasteiger partial charge in [0, 0.05) is 57.1 Å². The third-order valence-electron chi connectivity index (χ3n) is 6.34. The van der Waals surface area contributed by atoms with Crippen LogP contribution < -0.4 is 10.2 Å². The third-order valence-corrected chi connectivity index (χ3v) is 6.34. The van der Waals surface area contributed by atoms with Gasteiger partial charge in [-0.2, -0.15) is 22.7 Å². The van der Waals surface area contributed by atoms with E-state index in [-0.39, 0.29) is 17.6 Å². The van der Waals surface area contributed by atoms with Crippen LogP contribution in [0, 0.1) is 5.82 Å². The highest BCUT2D eigenvalue weighted by atomic mass is 19.4. The Morgan fingerprint density at radius 1 is 1.03 bits per heavy atom. The molecule has 3 fully saturated rings. The number of hydrogen-bond donors (Lipinski definition) is 2. The molecule has 0 amide bonds. The predicted octanol–water partition coefficient (Wildman–Crippen LogP) is 2.52. The zero-order valence-electron chi connectivity index (χ0n) is 17.9. The quantitative estimate of drug-likeness (QED) is 0.643. The molecule has 0 aromatic carbocycles. The average molecular weight is 471 g/mol. The number of halogens is 4. The number of H-pyrrole nitrogens is 1. The van der Waals surface area contributed by atoms with Crippen LogP contribution in [0.5, 0.6) is 0 Å². The van der Waals surface area contributed by atoms with Crippen molar-refractivity contribution in [1.29, 1.82) is 0 Å². The Labute approximate surface area is 187 Å². The summed E-state index contributed by atoms with van der Waals surface area (Å²) >= 11 is 0. The van der Waals surface area contributed by atoms with Gasteiger partial charge in [0.1, 0.15) is 0 Å². The summed E-state index contributed by atoms with van der Waals surface area (Å²) in [7, 11) is 0. The fraction of sp³-hybridized carbons (Fsp3) is 0.650. The number of piperazine rings is 1. The first kappa shape index (κ1) is 22.3. The summed E-state index contributed by atoms with van der Waals surface area (Å²) in [6.07, 6.45) is -3.20. The predicted molar refractivity (Wildman–Crippen MR) is 110 cm³/mol. The summed E-state index contributed by atoms with van der Waals surface area (Å²) in [5.41, 5.74) is 0.822. The minimum absolute atomic E-state index is 0.197. The second kappa shape index (κ2) is 9.03. The van der Waals surface area contributed by atoms with Crippen molar-refractivity contribution in [3.63, 3.8) is 0 Å². The molecule has 0 unspecified atom stereocenters. The van der Waals surface area contributed by atoms with Gasteiger partial charge in [0.05, 0.1) is 19.3 Å². The molecule has 5 rings (SSSR count). The number of alkyl halides is 3. The van der Waals surface area contributed by atoms with Crippen molar-refractivity contribution in [2.45, 2.75) is 31.0 Å². The largest absolute Gasteiger partial charge is 0.451 e. The molecule has 33 heavy (non-hydrogen) atoms. The van der Waals surface area contributed by atoms with Crippen LogP contribution in [-0.2, 0) is 15.7 Å². The Morgan fingerprint density at radius 3 is 2.39 bits per heavy atom. The molecule has 5 heterocycles. The minimum Gasteiger partial charge on any atom is -0.381 e. The van der Waals surface area contributed by atoms with Crippen LogP contribution in [-0.4, -0.2) is 83.7 Å². The van der Waals surface area contributed by atoms with E-state index < -0.39 is 23.6 Å². The van der Waals surface area contributed by atoms with Gasteiger partial charge in [0.2, 0.25) is 11.6 Å². The highest BCUT2D eigenvalue weighted by molar-refractivity contribution is 5.59. The molecule has 0 radical (unpaired) electrons. The molecule has 9 nitrogen and oxygen atoms in total. The molecular weight excluding hydrogens is 446 g/mol. The van der Waals surface area contributed by atoms with Gasteiger partial charge in [-0.05, 0) is 12.8 Å². The van der Waals surface area contributed by atoms with Gasteiger partial charge in [-0.1, -0.05) is 0 Å². The zero-order valence-corrected chi connectivity index (χ0v) is 17.9. The lowest BCUT2D eigenvalue weighted by Gasteiger charge is -2.42. The number of nitrogens with one attached hydrogen (secondary N) is 2. The third kappa shape index (κ3) is 4.75. The summed E-state index contributed by atoms with van der Waals surface area (Å²) < 4.78 is 66.4. The molecule has 3 saturated heterocycles. The van der Waals surface area contributed by atoms with E-state index in [0.717, 1.165) is 18.5 Å². The molecular formula is C20H25F4N7O2. The second-order valence-electron chi connectivity index (χ2n) is 8.47. The van der Waals surface area contributed by atoms with Crippen molar-refractivity contribution >= 4 is 17.5 Å². The Kier molecular flexibility index (Phi) is 6.10. The molecule has 0 spiro atoms. The number of hydrogen-bond acceptors (Lipinski definition) is 8. The zero-order chi connectivity index (χ0) is 23.0. The number of anilines is 3. The fourth-order valence-corrected chi connectivity index (χ4v) is 4.33. The van der Waals surface area contributed by atoms with Crippen molar-refractivity contribution in [2.24, 2.45) is 0 Å². The molecule has 2 aromatic heterocycles. The number of aromatic amines is 1. The summed E-state index contributed by atoms with van der Waals surface area (Å²) in [4.78, 5) is 10.7. The monoisotopic (exact) mass is 471 g/mol. The van der Waals surface area contributed by atoms with E-state index in [9.17, 15) is 13.2 Å². The summed E-state index contributed by atoms with van der Waals surface area (Å²) in [5, 5.41) is 9.59. The van der Waals surface area contributed by atoms with E-state index >= 15 is 4.39 Å². The van der Waals surface area contributed by atoms with E-state index in [0.29, 0.717) is 58.6 Å². The highest BCUT2D eigenvalue weighted by Gasteiger charge is 2.38. The van der Waals surface area contributed by atoms with Crippen molar-refractivity contribution in [1.82, 2.24) is 25.1 Å². The first-order valence-electron chi connectivity index (χ1n) is 11.0. The summed E-state index contributed by atoms with van der Waals surface area (Å²) in [5.74, 6) is -2.83.